The molecule has 0 bridgehead atoms. The average molecular weight is 380 g/mol. The van der Waals surface area contributed by atoms with Crippen molar-refractivity contribution in [3.8, 4) is 0 Å². The summed E-state index contributed by atoms with van der Waals surface area (Å²) in [5.74, 6) is 0. The Hall–Kier alpha value is -0.875. The minimum absolute atomic E-state index is 0.543. The molecule has 94 valence electrons. The molecule has 0 aliphatic carbocycles. The quantitative estimate of drug-likeness (QED) is 0.503. The van der Waals surface area contributed by atoms with Gasteiger partial charge in [-0.15, -0.1) is 0 Å². The minimum Gasteiger partial charge on any atom is -0.423 e. The predicted molar refractivity (Wildman–Crippen MR) is 86.7 cm³/mol. The van der Waals surface area contributed by atoms with E-state index in [1.807, 2.05) is 42.5 Å². The van der Waals surface area contributed by atoms with E-state index >= 15 is 0 Å². The highest BCUT2D eigenvalue weighted by Crippen LogP contribution is 2.26. The number of hydrogen-bond donors (Lipinski definition) is 2. The largest absolute Gasteiger partial charge is 0.489 e. The minimum atomic E-state index is -1.50. The standard InChI is InChI=1S/C14H9BBr2O2/c16-10-3-4-12-9(6-10)5-8-1-2-11(17)7-13(8)14(12)15(18)19/h1-7,18-19H. The molecule has 2 N–H and O–H groups in total. The Balaban J connectivity index is 2.53. The molecule has 0 atom stereocenters. The molecular formula is C14H9BBr2O2. The molecule has 0 saturated carbocycles. The first-order valence-corrected chi connectivity index (χ1v) is 7.32. The zero-order chi connectivity index (χ0) is 13.6. The first-order chi connectivity index (χ1) is 9.06. The molecule has 0 radical (unpaired) electrons. The molecule has 0 unspecified atom stereocenters. The van der Waals surface area contributed by atoms with Gasteiger partial charge in [0.05, 0.1) is 0 Å². The van der Waals surface area contributed by atoms with Gasteiger partial charge < -0.3 is 10.0 Å². The van der Waals surface area contributed by atoms with E-state index in [0.29, 0.717) is 5.46 Å². The van der Waals surface area contributed by atoms with E-state index in [4.69, 9.17) is 0 Å². The van der Waals surface area contributed by atoms with Gasteiger partial charge in [-0.1, -0.05) is 44.0 Å². The van der Waals surface area contributed by atoms with Gasteiger partial charge in [0, 0.05) is 8.95 Å². The van der Waals surface area contributed by atoms with Crippen molar-refractivity contribution in [1.29, 1.82) is 0 Å². The SMILES string of the molecule is OB(O)c1c2ccc(Br)cc2cc2ccc(Br)cc12. The Labute approximate surface area is 127 Å². The Morgan fingerprint density at radius 1 is 0.737 bits per heavy atom. The fourth-order valence-electron chi connectivity index (χ4n) is 2.38. The lowest BCUT2D eigenvalue weighted by atomic mass is 9.74. The van der Waals surface area contributed by atoms with E-state index in [2.05, 4.69) is 31.9 Å². The van der Waals surface area contributed by atoms with E-state index in [1.165, 1.54) is 0 Å². The van der Waals surface area contributed by atoms with Crippen molar-refractivity contribution in [3.63, 3.8) is 0 Å². The number of benzene rings is 3. The molecule has 5 heteroatoms. The molecule has 0 amide bonds. The highest BCUT2D eigenvalue weighted by Gasteiger charge is 2.19. The van der Waals surface area contributed by atoms with Crippen LogP contribution in [0.5, 0.6) is 0 Å². The van der Waals surface area contributed by atoms with Crippen LogP contribution in [0.4, 0.5) is 0 Å². The molecule has 0 saturated heterocycles. The zero-order valence-corrected chi connectivity index (χ0v) is 12.9. The van der Waals surface area contributed by atoms with E-state index in [0.717, 1.165) is 30.5 Å². The van der Waals surface area contributed by atoms with Crippen molar-refractivity contribution in [2.75, 3.05) is 0 Å². The summed E-state index contributed by atoms with van der Waals surface area (Å²) < 4.78 is 1.88. The highest BCUT2D eigenvalue weighted by molar-refractivity contribution is 9.10. The van der Waals surface area contributed by atoms with Crippen LogP contribution in [0.25, 0.3) is 21.5 Å². The van der Waals surface area contributed by atoms with Crippen LogP contribution in [-0.4, -0.2) is 17.2 Å². The van der Waals surface area contributed by atoms with Crippen LogP contribution in [0.1, 0.15) is 0 Å². The van der Waals surface area contributed by atoms with Crippen LogP contribution in [-0.2, 0) is 0 Å². The maximum absolute atomic E-state index is 9.71. The number of rotatable bonds is 1. The normalized spacial score (nSPS) is 11.2. The third-order valence-corrected chi connectivity index (χ3v) is 4.17. The Kier molecular flexibility index (Phi) is 3.39. The molecule has 0 heterocycles. The first kappa shape index (κ1) is 13.1. The maximum atomic E-state index is 9.71. The monoisotopic (exact) mass is 378 g/mol. The van der Waals surface area contributed by atoms with E-state index in [-0.39, 0.29) is 0 Å². The predicted octanol–water partition coefficient (Wildman–Crippen LogP) is 3.20. The zero-order valence-electron chi connectivity index (χ0n) is 9.77. The van der Waals surface area contributed by atoms with Gasteiger partial charge in [-0.3, -0.25) is 0 Å². The molecule has 0 aromatic heterocycles. The first-order valence-electron chi connectivity index (χ1n) is 5.74. The van der Waals surface area contributed by atoms with Crippen LogP contribution in [0, 0.1) is 0 Å². The van der Waals surface area contributed by atoms with Gasteiger partial charge in [0.2, 0.25) is 0 Å². The van der Waals surface area contributed by atoms with E-state index in [1.54, 1.807) is 0 Å². The summed E-state index contributed by atoms with van der Waals surface area (Å²) in [6, 6.07) is 13.6. The van der Waals surface area contributed by atoms with Gasteiger partial charge in [0.15, 0.2) is 0 Å². The van der Waals surface area contributed by atoms with Crippen LogP contribution in [0.15, 0.2) is 51.4 Å². The van der Waals surface area contributed by atoms with Gasteiger partial charge in [0.25, 0.3) is 0 Å². The Morgan fingerprint density at radius 3 is 2.16 bits per heavy atom. The third-order valence-electron chi connectivity index (χ3n) is 3.18. The van der Waals surface area contributed by atoms with Crippen molar-refractivity contribution in [3.05, 3.63) is 51.4 Å². The number of fused-ring (bicyclic) bond motifs is 2. The third kappa shape index (κ3) is 2.32. The second-order valence-corrected chi connectivity index (χ2v) is 6.23. The van der Waals surface area contributed by atoms with Crippen molar-refractivity contribution in [1.82, 2.24) is 0 Å². The van der Waals surface area contributed by atoms with Crippen LogP contribution >= 0.6 is 31.9 Å². The van der Waals surface area contributed by atoms with Gasteiger partial charge >= 0.3 is 7.12 Å². The van der Waals surface area contributed by atoms with Crippen molar-refractivity contribution in [2.24, 2.45) is 0 Å². The number of hydrogen-bond acceptors (Lipinski definition) is 2. The smallest absolute Gasteiger partial charge is 0.423 e. The van der Waals surface area contributed by atoms with Gasteiger partial charge in [-0.2, -0.15) is 0 Å². The summed E-state index contributed by atoms with van der Waals surface area (Å²) >= 11 is 6.86. The molecule has 19 heavy (non-hydrogen) atoms. The van der Waals surface area contributed by atoms with Crippen LogP contribution < -0.4 is 5.46 Å². The molecule has 0 fully saturated rings. The lowest BCUT2D eigenvalue weighted by Crippen LogP contribution is -2.31. The summed E-state index contributed by atoms with van der Waals surface area (Å²) in [7, 11) is -1.50. The summed E-state index contributed by atoms with van der Waals surface area (Å²) in [5, 5.41) is 23.1. The highest BCUT2D eigenvalue weighted by atomic mass is 79.9. The fourth-order valence-corrected chi connectivity index (χ4v) is 3.12. The van der Waals surface area contributed by atoms with Gasteiger partial charge in [-0.05, 0) is 57.3 Å². The Morgan fingerprint density at radius 2 is 1.42 bits per heavy atom. The molecule has 0 aliphatic heterocycles. The molecular weight excluding hydrogens is 371 g/mol. The second kappa shape index (κ2) is 4.91. The lowest BCUT2D eigenvalue weighted by Gasteiger charge is -2.11. The Bertz CT molecular complexity index is 787. The second-order valence-electron chi connectivity index (χ2n) is 4.39. The maximum Gasteiger partial charge on any atom is 0.489 e. The van der Waals surface area contributed by atoms with E-state index < -0.39 is 7.12 Å². The summed E-state index contributed by atoms with van der Waals surface area (Å²) in [6.07, 6.45) is 0. The van der Waals surface area contributed by atoms with Crippen molar-refractivity contribution >= 4 is 66.0 Å². The summed E-state index contributed by atoms with van der Waals surface area (Å²) in [5.41, 5.74) is 0.543. The topological polar surface area (TPSA) is 40.5 Å². The molecule has 3 rings (SSSR count). The lowest BCUT2D eigenvalue weighted by molar-refractivity contribution is 0.426. The van der Waals surface area contributed by atoms with Gasteiger partial charge in [0.1, 0.15) is 0 Å². The van der Waals surface area contributed by atoms with Crippen LogP contribution in [0.2, 0.25) is 0 Å². The average Bonchev–Trinajstić information content (AvgIpc) is 2.35. The number of halogens is 2. The molecule has 3 aromatic rings. The van der Waals surface area contributed by atoms with Crippen LogP contribution in [0.3, 0.4) is 0 Å². The summed E-state index contributed by atoms with van der Waals surface area (Å²) in [6.45, 7) is 0. The van der Waals surface area contributed by atoms with Crippen molar-refractivity contribution in [2.45, 2.75) is 0 Å². The fraction of sp³-hybridized carbons (Fsp3) is 0. The van der Waals surface area contributed by atoms with E-state index in [9.17, 15) is 10.0 Å². The molecule has 3 aromatic carbocycles. The summed E-state index contributed by atoms with van der Waals surface area (Å²) in [4.78, 5) is 0. The van der Waals surface area contributed by atoms with Crippen molar-refractivity contribution < 1.29 is 10.0 Å². The molecule has 0 spiro atoms. The van der Waals surface area contributed by atoms with Gasteiger partial charge in [-0.25, -0.2) is 0 Å². The molecule has 2 nitrogen and oxygen atoms in total. The molecule has 0 aliphatic rings.